The minimum absolute atomic E-state index is 0.0980. The molecule has 1 saturated carbocycles. The maximum Gasteiger partial charge on any atom is 0.275 e. The molecule has 0 radical (unpaired) electrons. The van der Waals surface area contributed by atoms with Crippen LogP contribution in [0.15, 0.2) is 18.2 Å². The molecule has 150 valence electrons. The number of benzene rings is 1. The number of carbonyl (C=O) groups excluding carboxylic acids is 1. The number of ether oxygens (including phenoxy) is 1. The number of nitrogens with one attached hydrogen (secondary N) is 1. The molecule has 1 aliphatic rings. The fraction of sp³-hybridized carbons (Fsp3) is 0.650. The molecule has 0 saturated heterocycles. The highest BCUT2D eigenvalue weighted by Gasteiger charge is 2.19. The molecule has 7 nitrogen and oxygen atoms in total. The Morgan fingerprint density at radius 2 is 2.04 bits per heavy atom. The van der Waals surface area contributed by atoms with Gasteiger partial charge in [0, 0.05) is 18.5 Å². The summed E-state index contributed by atoms with van der Waals surface area (Å²) in [6.07, 6.45) is 6.63. The van der Waals surface area contributed by atoms with Crippen molar-refractivity contribution in [3.05, 3.63) is 33.9 Å². The Bertz CT molecular complexity index is 641. The molecule has 1 amide bonds. The molecule has 2 rings (SSSR count). The minimum Gasteiger partial charge on any atom is -0.491 e. The normalized spacial score (nSPS) is 17.1. The Balaban J connectivity index is 1.78. The lowest BCUT2D eigenvalue weighted by molar-refractivity contribution is -0.386. The lowest BCUT2D eigenvalue weighted by atomic mass is 9.95. The van der Waals surface area contributed by atoms with E-state index in [1.807, 2.05) is 6.92 Å². The van der Waals surface area contributed by atoms with Crippen LogP contribution in [0, 0.1) is 10.1 Å². The first-order valence-electron chi connectivity index (χ1n) is 9.79. The molecule has 1 aromatic carbocycles. The van der Waals surface area contributed by atoms with Gasteiger partial charge >= 0.3 is 0 Å². The molecule has 0 bridgehead atoms. The zero-order chi connectivity index (χ0) is 19.8. The second-order valence-electron chi connectivity index (χ2n) is 7.38. The van der Waals surface area contributed by atoms with Crippen molar-refractivity contribution in [1.29, 1.82) is 0 Å². The average Bonchev–Trinajstić information content (AvgIpc) is 2.62. The average molecular weight is 378 g/mol. The standard InChI is InChI=1S/C20H30N2O5/c1-14(7-6-10-20(24)21-16-8-4-3-5-9-16)27-17-11-12-19(22(25)26)18(13-17)15(2)23/h11-16,23H,3-10H2,1-2H3,(H,21,24). The summed E-state index contributed by atoms with van der Waals surface area (Å²) in [6.45, 7) is 3.39. The summed E-state index contributed by atoms with van der Waals surface area (Å²) in [6, 6.07) is 4.73. The van der Waals surface area contributed by atoms with E-state index < -0.39 is 11.0 Å². The summed E-state index contributed by atoms with van der Waals surface area (Å²) in [7, 11) is 0. The molecule has 1 aliphatic carbocycles. The van der Waals surface area contributed by atoms with E-state index in [1.54, 1.807) is 0 Å². The number of rotatable bonds is 9. The summed E-state index contributed by atoms with van der Waals surface area (Å²) < 4.78 is 5.81. The van der Waals surface area contributed by atoms with Crippen molar-refractivity contribution >= 4 is 11.6 Å². The number of carbonyl (C=O) groups is 1. The Hall–Kier alpha value is -2.15. The van der Waals surface area contributed by atoms with E-state index in [2.05, 4.69) is 5.32 Å². The van der Waals surface area contributed by atoms with Crippen LogP contribution in [0.1, 0.15) is 76.9 Å². The molecule has 1 fully saturated rings. The van der Waals surface area contributed by atoms with Gasteiger partial charge in [-0.2, -0.15) is 0 Å². The summed E-state index contributed by atoms with van der Waals surface area (Å²) in [5.41, 5.74) is 0.112. The van der Waals surface area contributed by atoms with Gasteiger partial charge in [0.05, 0.1) is 22.7 Å². The van der Waals surface area contributed by atoms with Crippen LogP contribution >= 0.6 is 0 Å². The zero-order valence-corrected chi connectivity index (χ0v) is 16.1. The lowest BCUT2D eigenvalue weighted by Crippen LogP contribution is -2.36. The summed E-state index contributed by atoms with van der Waals surface area (Å²) in [4.78, 5) is 22.5. The smallest absolute Gasteiger partial charge is 0.275 e. The third-order valence-electron chi connectivity index (χ3n) is 4.97. The number of aliphatic hydroxyl groups excluding tert-OH is 1. The van der Waals surface area contributed by atoms with Gasteiger partial charge in [-0.25, -0.2) is 0 Å². The molecule has 1 aromatic rings. The lowest BCUT2D eigenvalue weighted by Gasteiger charge is -2.23. The number of amides is 1. The second kappa shape index (κ2) is 10.3. The first kappa shape index (κ1) is 21.2. The molecule has 0 aliphatic heterocycles. The van der Waals surface area contributed by atoms with Crippen LogP contribution < -0.4 is 10.1 Å². The van der Waals surface area contributed by atoms with Crippen LogP contribution in [0.3, 0.4) is 0 Å². The monoisotopic (exact) mass is 378 g/mol. The van der Waals surface area contributed by atoms with Crippen molar-refractivity contribution in [2.75, 3.05) is 0 Å². The maximum absolute atomic E-state index is 12.0. The van der Waals surface area contributed by atoms with Crippen LogP contribution in [0.5, 0.6) is 5.75 Å². The third kappa shape index (κ3) is 6.82. The highest BCUT2D eigenvalue weighted by atomic mass is 16.6. The fourth-order valence-electron chi connectivity index (χ4n) is 3.49. The summed E-state index contributed by atoms with van der Waals surface area (Å²) >= 11 is 0. The molecule has 7 heteroatoms. The van der Waals surface area contributed by atoms with Gasteiger partial charge < -0.3 is 15.2 Å². The van der Waals surface area contributed by atoms with Crippen LogP contribution in [0.4, 0.5) is 5.69 Å². The van der Waals surface area contributed by atoms with Crippen molar-refractivity contribution in [1.82, 2.24) is 5.32 Å². The SMILES string of the molecule is CC(CCCC(=O)NC1CCCCC1)Oc1ccc([N+](=O)[O-])c(C(C)O)c1. The number of hydrogen-bond donors (Lipinski definition) is 2. The Morgan fingerprint density at radius 3 is 2.67 bits per heavy atom. The molecule has 2 N–H and O–H groups in total. The summed E-state index contributed by atoms with van der Waals surface area (Å²) in [5.74, 6) is 0.580. The molecule has 27 heavy (non-hydrogen) atoms. The van der Waals surface area contributed by atoms with Crippen LogP contribution in [-0.2, 0) is 4.79 Å². The first-order chi connectivity index (χ1) is 12.9. The van der Waals surface area contributed by atoms with Crippen LogP contribution in [-0.4, -0.2) is 28.1 Å². The quantitative estimate of drug-likeness (QED) is 0.499. The second-order valence-corrected chi connectivity index (χ2v) is 7.38. The Kier molecular flexibility index (Phi) is 8.03. The van der Waals surface area contributed by atoms with Gasteiger partial charge in [0.25, 0.3) is 5.69 Å². The van der Waals surface area contributed by atoms with Gasteiger partial charge in [0.2, 0.25) is 5.91 Å². The van der Waals surface area contributed by atoms with Crippen LogP contribution in [0.2, 0.25) is 0 Å². The van der Waals surface area contributed by atoms with Crippen molar-refractivity contribution in [2.45, 2.75) is 83.5 Å². The summed E-state index contributed by atoms with van der Waals surface area (Å²) in [5, 5.41) is 23.9. The van der Waals surface area contributed by atoms with E-state index in [0.29, 0.717) is 24.6 Å². The van der Waals surface area contributed by atoms with E-state index in [9.17, 15) is 20.0 Å². The number of hydrogen-bond acceptors (Lipinski definition) is 5. The number of nitro groups is 1. The highest BCUT2D eigenvalue weighted by Crippen LogP contribution is 2.29. The van der Waals surface area contributed by atoms with Crippen molar-refractivity contribution in [2.24, 2.45) is 0 Å². The molecule has 2 atom stereocenters. The maximum atomic E-state index is 12.0. The predicted octanol–water partition coefficient (Wildman–Crippen LogP) is 4.03. The van der Waals surface area contributed by atoms with E-state index >= 15 is 0 Å². The van der Waals surface area contributed by atoms with Gasteiger partial charge in [-0.1, -0.05) is 19.3 Å². The van der Waals surface area contributed by atoms with E-state index in [1.165, 1.54) is 44.4 Å². The largest absolute Gasteiger partial charge is 0.491 e. The third-order valence-corrected chi connectivity index (χ3v) is 4.97. The van der Waals surface area contributed by atoms with Crippen LogP contribution in [0.25, 0.3) is 0 Å². The number of aliphatic hydroxyl groups is 1. The van der Waals surface area contributed by atoms with Crippen molar-refractivity contribution in [3.63, 3.8) is 0 Å². The molecular formula is C20H30N2O5. The molecule has 0 heterocycles. The first-order valence-corrected chi connectivity index (χ1v) is 9.79. The van der Waals surface area contributed by atoms with Gasteiger partial charge in [-0.05, 0) is 51.7 Å². The fourth-order valence-corrected chi connectivity index (χ4v) is 3.49. The number of nitrogens with zero attached hydrogens (tertiary/aromatic N) is 1. The van der Waals surface area contributed by atoms with Gasteiger partial charge in [0.1, 0.15) is 5.75 Å². The molecule has 0 aromatic heterocycles. The topological polar surface area (TPSA) is 102 Å². The molecular weight excluding hydrogens is 348 g/mol. The zero-order valence-electron chi connectivity index (χ0n) is 16.1. The Morgan fingerprint density at radius 1 is 1.33 bits per heavy atom. The van der Waals surface area contributed by atoms with Crippen molar-refractivity contribution < 1.29 is 19.6 Å². The minimum atomic E-state index is -0.951. The van der Waals surface area contributed by atoms with Gasteiger partial charge in [0.15, 0.2) is 0 Å². The predicted molar refractivity (Wildman–Crippen MR) is 103 cm³/mol. The van der Waals surface area contributed by atoms with E-state index in [-0.39, 0.29) is 23.3 Å². The van der Waals surface area contributed by atoms with Crippen molar-refractivity contribution in [3.8, 4) is 5.75 Å². The van der Waals surface area contributed by atoms with E-state index in [4.69, 9.17) is 4.74 Å². The number of nitro benzene ring substituents is 1. The highest BCUT2D eigenvalue weighted by molar-refractivity contribution is 5.76. The Labute approximate surface area is 160 Å². The van der Waals surface area contributed by atoms with Gasteiger partial charge in [-0.3, -0.25) is 14.9 Å². The van der Waals surface area contributed by atoms with Gasteiger partial charge in [-0.15, -0.1) is 0 Å². The van der Waals surface area contributed by atoms with E-state index in [0.717, 1.165) is 19.3 Å². The molecule has 0 spiro atoms. The molecule has 2 unspecified atom stereocenters.